The molecule has 0 radical (unpaired) electrons. The lowest BCUT2D eigenvalue weighted by Crippen LogP contribution is -2.29. The van der Waals surface area contributed by atoms with Gasteiger partial charge in [0.2, 0.25) is 0 Å². The molecule has 0 spiro atoms. The van der Waals surface area contributed by atoms with Crippen molar-refractivity contribution in [3.8, 4) is 45.3 Å². The van der Waals surface area contributed by atoms with Crippen molar-refractivity contribution < 1.29 is 18.9 Å². The van der Waals surface area contributed by atoms with Gasteiger partial charge in [-0.25, -0.2) is 0 Å². The molecule has 272 valence electrons. The van der Waals surface area contributed by atoms with Crippen LogP contribution in [-0.4, -0.2) is 13.2 Å². The minimum Gasteiger partial charge on any atom is -0.493 e. The number of ether oxygens (including phenoxy) is 4. The molecule has 6 rings (SSSR count). The minimum absolute atomic E-state index is 0.396. The summed E-state index contributed by atoms with van der Waals surface area (Å²) in [5.41, 5.74) is 11.4. The van der Waals surface area contributed by atoms with Gasteiger partial charge in [-0.3, -0.25) is 0 Å². The van der Waals surface area contributed by atoms with Crippen molar-refractivity contribution in [2.24, 2.45) is 0 Å². The van der Waals surface area contributed by atoms with Gasteiger partial charge in [-0.05, 0) is 133 Å². The predicted octanol–water partition coefficient (Wildman–Crippen LogP) is 13.0. The summed E-state index contributed by atoms with van der Waals surface area (Å²) in [4.78, 5) is 0. The van der Waals surface area contributed by atoms with E-state index in [2.05, 4.69) is 116 Å². The second-order valence-electron chi connectivity index (χ2n) is 15.9. The van der Waals surface area contributed by atoms with Crippen molar-refractivity contribution >= 4 is 0 Å². The molecule has 4 aromatic rings. The lowest BCUT2D eigenvalue weighted by molar-refractivity contribution is 0.104. The lowest BCUT2D eigenvalue weighted by Gasteiger charge is -2.36. The topological polar surface area (TPSA) is 36.9 Å². The Kier molecular flexibility index (Phi) is 11.4. The van der Waals surface area contributed by atoms with Crippen molar-refractivity contribution in [3.63, 3.8) is 0 Å². The van der Waals surface area contributed by atoms with Crippen molar-refractivity contribution in [2.45, 2.75) is 137 Å². The average molecular weight is 689 g/mol. The third-order valence-electron chi connectivity index (χ3n) is 10.6. The monoisotopic (exact) mass is 688 g/mol. The summed E-state index contributed by atoms with van der Waals surface area (Å²) in [6.45, 7) is 18.8. The fourth-order valence-corrected chi connectivity index (χ4v) is 7.84. The van der Waals surface area contributed by atoms with E-state index in [1.807, 2.05) is 0 Å². The molecule has 2 aliphatic rings. The molecule has 0 unspecified atom stereocenters. The summed E-state index contributed by atoms with van der Waals surface area (Å²) in [6, 6.07) is 22.4. The van der Waals surface area contributed by atoms with Crippen LogP contribution in [0, 0.1) is 13.8 Å². The smallest absolute Gasteiger partial charge is 0.132 e. The normalized spacial score (nSPS) is 14.7. The Hall–Kier alpha value is -3.92. The van der Waals surface area contributed by atoms with Crippen LogP contribution >= 0.6 is 0 Å². The van der Waals surface area contributed by atoms with Gasteiger partial charge in [-0.1, -0.05) is 87.1 Å². The molecule has 0 aliphatic carbocycles. The first kappa shape index (κ1) is 36.9. The number of hydrogen-bond donors (Lipinski definition) is 0. The Morgan fingerprint density at radius 2 is 0.941 bits per heavy atom. The highest BCUT2D eigenvalue weighted by molar-refractivity contribution is 5.84. The van der Waals surface area contributed by atoms with E-state index >= 15 is 0 Å². The summed E-state index contributed by atoms with van der Waals surface area (Å²) in [7, 11) is 0. The molecule has 51 heavy (non-hydrogen) atoms. The Morgan fingerprint density at radius 1 is 0.510 bits per heavy atom. The first-order valence-electron chi connectivity index (χ1n) is 19.7. The molecule has 0 aromatic heterocycles. The Balaban J connectivity index is 1.14. The van der Waals surface area contributed by atoms with E-state index in [0.717, 1.165) is 66.2 Å². The molecule has 0 fully saturated rings. The van der Waals surface area contributed by atoms with Gasteiger partial charge in [0.25, 0.3) is 0 Å². The molecule has 4 nitrogen and oxygen atoms in total. The van der Waals surface area contributed by atoms with Crippen molar-refractivity contribution in [1.82, 2.24) is 0 Å². The highest BCUT2D eigenvalue weighted by Crippen LogP contribution is 2.52. The van der Waals surface area contributed by atoms with Crippen LogP contribution in [0.2, 0.25) is 0 Å². The lowest BCUT2D eigenvalue weighted by atomic mass is 9.84. The molecular weight excluding hydrogens is 629 g/mol. The van der Waals surface area contributed by atoms with Gasteiger partial charge in [0.1, 0.15) is 34.2 Å². The summed E-state index contributed by atoms with van der Waals surface area (Å²) < 4.78 is 26.7. The first-order chi connectivity index (χ1) is 24.5. The van der Waals surface area contributed by atoms with E-state index in [0.29, 0.717) is 13.2 Å². The highest BCUT2D eigenvalue weighted by Gasteiger charge is 2.36. The van der Waals surface area contributed by atoms with Crippen LogP contribution < -0.4 is 18.9 Å². The average Bonchev–Trinajstić information content (AvgIpc) is 3.07. The van der Waals surface area contributed by atoms with E-state index < -0.39 is 11.2 Å². The number of benzene rings is 4. The molecular formula is C47H60O4. The van der Waals surface area contributed by atoms with E-state index in [4.69, 9.17) is 18.9 Å². The molecule has 4 aromatic carbocycles. The van der Waals surface area contributed by atoms with Crippen molar-refractivity contribution in [2.75, 3.05) is 13.2 Å². The van der Waals surface area contributed by atoms with Crippen LogP contribution in [0.25, 0.3) is 22.3 Å². The summed E-state index contributed by atoms with van der Waals surface area (Å²) in [6.07, 6.45) is 12.2. The van der Waals surface area contributed by atoms with Gasteiger partial charge in [0.15, 0.2) is 0 Å². The van der Waals surface area contributed by atoms with Gasteiger partial charge in [0.05, 0.1) is 24.3 Å². The van der Waals surface area contributed by atoms with Gasteiger partial charge >= 0.3 is 0 Å². The number of fused-ring (bicyclic) bond motifs is 6. The minimum atomic E-state index is -0.396. The Morgan fingerprint density at radius 3 is 1.35 bits per heavy atom. The summed E-state index contributed by atoms with van der Waals surface area (Å²) in [5, 5.41) is 0. The largest absolute Gasteiger partial charge is 0.493 e. The molecule has 2 aliphatic heterocycles. The highest BCUT2D eigenvalue weighted by atomic mass is 16.5. The zero-order valence-corrected chi connectivity index (χ0v) is 32.6. The fraction of sp³-hybridized carbons (Fsp3) is 0.489. The molecule has 0 amide bonds. The quantitative estimate of drug-likeness (QED) is 0.110. The van der Waals surface area contributed by atoms with E-state index in [1.165, 1.54) is 83.0 Å². The third-order valence-corrected chi connectivity index (χ3v) is 10.6. The fourth-order valence-electron chi connectivity index (χ4n) is 7.84. The van der Waals surface area contributed by atoms with E-state index in [9.17, 15) is 0 Å². The maximum atomic E-state index is 6.68. The maximum Gasteiger partial charge on any atom is 0.132 e. The zero-order chi connectivity index (χ0) is 36.2. The van der Waals surface area contributed by atoms with Crippen LogP contribution in [0.3, 0.4) is 0 Å². The Bertz CT molecular complexity index is 1700. The molecule has 0 N–H and O–H groups in total. The first-order valence-corrected chi connectivity index (χ1v) is 19.7. The van der Waals surface area contributed by atoms with E-state index in [1.54, 1.807) is 0 Å². The molecule has 2 heterocycles. The molecule has 0 atom stereocenters. The third kappa shape index (κ3) is 8.27. The van der Waals surface area contributed by atoms with E-state index in [-0.39, 0.29) is 0 Å². The van der Waals surface area contributed by atoms with Crippen LogP contribution in [0.5, 0.6) is 23.0 Å². The van der Waals surface area contributed by atoms with Gasteiger partial charge in [-0.2, -0.15) is 0 Å². The van der Waals surface area contributed by atoms with Gasteiger partial charge in [0, 0.05) is 11.1 Å². The number of hydrogen-bond acceptors (Lipinski definition) is 4. The van der Waals surface area contributed by atoms with Gasteiger partial charge < -0.3 is 18.9 Å². The van der Waals surface area contributed by atoms with Gasteiger partial charge in [-0.15, -0.1) is 0 Å². The summed E-state index contributed by atoms with van der Waals surface area (Å²) >= 11 is 0. The second kappa shape index (κ2) is 15.8. The molecule has 0 bridgehead atoms. The van der Waals surface area contributed by atoms with Crippen LogP contribution in [-0.2, 0) is 24.0 Å². The van der Waals surface area contributed by atoms with Crippen molar-refractivity contribution in [1.29, 1.82) is 0 Å². The molecule has 0 saturated heterocycles. The second-order valence-corrected chi connectivity index (χ2v) is 15.9. The Labute approximate surface area is 307 Å². The standard InChI is InChI=1S/C47H60O4/c1-9-11-14-18-34-28-40(44-36-26-32(3)20-22-38(36)46(5,6)50-42(44)30-34)48-24-16-13-17-25-49-41-29-35(19-15-12-10-2)31-43-45(41)37-27-33(4)21-23-39(37)47(7,8)51-43/h20-23,26-31H,9-19,24-25H2,1-8H3. The number of rotatable bonds is 16. The SMILES string of the molecule is CCCCCc1cc(OCCCCCOc2cc(CCCCC)cc3c2-c2cc(C)ccc2C(C)(C)O3)c2c(c1)OC(C)(C)c1ccc(C)cc1-2. The predicted molar refractivity (Wildman–Crippen MR) is 212 cm³/mol. The number of unbranched alkanes of at least 4 members (excludes halogenated alkanes) is 6. The summed E-state index contributed by atoms with van der Waals surface area (Å²) in [5.74, 6) is 3.78. The van der Waals surface area contributed by atoms with Crippen LogP contribution in [0.15, 0.2) is 60.7 Å². The maximum absolute atomic E-state index is 6.68. The molecule has 0 saturated carbocycles. The zero-order valence-electron chi connectivity index (χ0n) is 32.6. The van der Waals surface area contributed by atoms with Crippen LogP contribution in [0.1, 0.15) is 133 Å². The van der Waals surface area contributed by atoms with Crippen LogP contribution in [0.4, 0.5) is 0 Å². The number of aryl methyl sites for hydroxylation is 4. The van der Waals surface area contributed by atoms with Crippen molar-refractivity contribution in [3.05, 3.63) is 94.0 Å². The molecule has 4 heteroatoms.